The summed E-state index contributed by atoms with van der Waals surface area (Å²) in [6.45, 7) is 13.7. The minimum absolute atomic E-state index is 0.0383. The first-order valence-electron chi connectivity index (χ1n) is 33.1. The van der Waals surface area contributed by atoms with E-state index in [9.17, 15) is 56.3 Å². The molecule has 11 amide bonds. The Kier molecular flexibility index (Phi) is 26.0. The highest BCUT2D eigenvalue weighted by Gasteiger charge is 2.50. The summed E-state index contributed by atoms with van der Waals surface area (Å²) in [6.07, 6.45) is 2.38. The summed E-state index contributed by atoms with van der Waals surface area (Å²) in [5.74, 6) is -7.56. The van der Waals surface area contributed by atoms with Gasteiger partial charge in [0.15, 0.2) is 0 Å². The van der Waals surface area contributed by atoms with Crippen LogP contribution in [0.15, 0.2) is 18.2 Å². The van der Waals surface area contributed by atoms with Crippen LogP contribution < -0.4 is 21.3 Å². The average molecular weight is 1320 g/mol. The van der Waals surface area contributed by atoms with Crippen LogP contribution in [0.5, 0.6) is 0 Å². The molecule has 3 heterocycles. The molecule has 514 valence electrons. The van der Waals surface area contributed by atoms with E-state index < -0.39 is 160 Å². The van der Waals surface area contributed by atoms with Gasteiger partial charge in [-0.05, 0) is 113 Å². The number of aryl methyl sites for hydroxylation is 1. The lowest BCUT2D eigenvalue weighted by molar-refractivity contribution is -0.160. The second-order valence-electron chi connectivity index (χ2n) is 27.5. The molecule has 10 atom stereocenters. The zero-order valence-corrected chi connectivity index (χ0v) is 57.0. The number of alkyl halides is 3. The van der Waals surface area contributed by atoms with Crippen molar-refractivity contribution in [1.82, 2.24) is 55.6 Å². The first-order valence-corrected chi connectivity index (χ1v) is 33.5. The molecule has 1 aromatic carbocycles. The average Bonchev–Trinajstić information content (AvgIpc) is 1.23. The molecule has 6 rings (SSSR count). The molecule has 1 aromatic rings. The van der Waals surface area contributed by atoms with E-state index in [0.29, 0.717) is 31.2 Å². The minimum atomic E-state index is -4.74. The molecule has 26 heteroatoms. The van der Waals surface area contributed by atoms with Crippen molar-refractivity contribution in [3.63, 3.8) is 0 Å². The second-order valence-corrected chi connectivity index (χ2v) is 27.9. The van der Waals surface area contributed by atoms with Gasteiger partial charge in [-0.2, -0.15) is 13.2 Å². The van der Waals surface area contributed by atoms with Crippen LogP contribution in [0, 0.1) is 23.7 Å². The number of halogens is 4. The fourth-order valence-corrected chi connectivity index (χ4v) is 14.2. The Morgan fingerprint density at radius 2 is 1.29 bits per heavy atom. The van der Waals surface area contributed by atoms with E-state index in [1.165, 1.54) is 77.6 Å². The number of rotatable bonds is 10. The van der Waals surface area contributed by atoms with E-state index in [0.717, 1.165) is 49.1 Å². The third-order valence-electron chi connectivity index (χ3n) is 19.9. The zero-order chi connectivity index (χ0) is 68.4. The van der Waals surface area contributed by atoms with E-state index >= 15 is 9.59 Å². The van der Waals surface area contributed by atoms with Crippen molar-refractivity contribution < 1.29 is 65.9 Å². The molecule has 3 saturated heterocycles. The highest BCUT2D eigenvalue weighted by Crippen LogP contribution is 2.37. The zero-order valence-electron chi connectivity index (χ0n) is 56.2. The third-order valence-corrected chi connectivity index (χ3v) is 20.2. The summed E-state index contributed by atoms with van der Waals surface area (Å²) in [7, 11) is 7.29. The number of fused-ring (bicyclic) bond motifs is 2. The highest BCUT2D eigenvalue weighted by atomic mass is 35.5. The van der Waals surface area contributed by atoms with Crippen molar-refractivity contribution in [3.05, 3.63) is 34.3 Å². The largest absolute Gasteiger partial charge is 0.417 e. The summed E-state index contributed by atoms with van der Waals surface area (Å²) in [5, 5.41) is 11.0. The summed E-state index contributed by atoms with van der Waals surface area (Å²) in [6, 6.07) is -6.70. The number of hydrogen-bond donors (Lipinski definition) is 4. The normalized spacial score (nSPS) is 28.1. The maximum Gasteiger partial charge on any atom is 0.417 e. The fourth-order valence-electron chi connectivity index (χ4n) is 13.9. The molecule has 5 aliphatic rings. The van der Waals surface area contributed by atoms with Crippen LogP contribution in [-0.4, -0.2) is 214 Å². The van der Waals surface area contributed by atoms with Crippen LogP contribution >= 0.6 is 11.6 Å². The molecule has 3 aliphatic heterocycles. The van der Waals surface area contributed by atoms with Crippen LogP contribution in [0.2, 0.25) is 5.02 Å². The first kappa shape index (κ1) is 74.5. The maximum absolute atomic E-state index is 15.0. The Morgan fingerprint density at radius 3 is 1.87 bits per heavy atom. The Morgan fingerprint density at radius 1 is 0.652 bits per heavy atom. The molecule has 5 fully saturated rings. The Hall–Kier alpha value is -6.53. The van der Waals surface area contributed by atoms with Gasteiger partial charge in [0.1, 0.15) is 53.9 Å². The molecule has 1 unspecified atom stereocenters. The molecular formula is C66H101ClF3N11O11. The van der Waals surface area contributed by atoms with E-state index in [2.05, 4.69) is 21.3 Å². The van der Waals surface area contributed by atoms with Gasteiger partial charge in [0.2, 0.25) is 65.0 Å². The lowest BCUT2D eigenvalue weighted by Gasteiger charge is -2.45. The van der Waals surface area contributed by atoms with Crippen molar-refractivity contribution >= 4 is 76.6 Å². The lowest BCUT2D eigenvalue weighted by atomic mass is 9.84. The van der Waals surface area contributed by atoms with Gasteiger partial charge in [0.25, 0.3) is 0 Å². The predicted molar refractivity (Wildman–Crippen MR) is 340 cm³/mol. The molecule has 4 N–H and O–H groups in total. The number of nitrogens with one attached hydrogen (secondary N) is 4. The number of benzene rings is 1. The standard InChI is InChI=1S/C66H101ClF3N11O11/c1-14-40(6)54-63(91)76(10)42(8)59(87)81-32-28-49(81)62(90)78(12)51(36-43-21-16-15-17-22-43)61(89)75(9)37-52(82)72-47(27-25-44-24-26-45(46(67)35-44)66(68,69)70)60(88)80-31-20-23-48(80)57(85)74-65(29-18-19-30-65)64(92)79(13)55(39(4)5)58(86)71-41(7)34-53(83)77(11)50(33-38(2)3)56(84)73-54/h24,26,35,38-43,47-51,54-55H,14-23,25,27-34,36-37H2,1-13H3,(H,71,86)(H,72,82)(H,73,84)(H,74,85)/t40-,41+,42-,47-,48-,49-,50-,51-,54-,55?/m0/s1. The van der Waals surface area contributed by atoms with E-state index in [4.69, 9.17) is 11.6 Å². The van der Waals surface area contributed by atoms with Crippen LogP contribution in [0.4, 0.5) is 13.2 Å². The number of amides is 11. The quantitative estimate of drug-likeness (QED) is 0.221. The van der Waals surface area contributed by atoms with Gasteiger partial charge in [0.05, 0.1) is 17.1 Å². The van der Waals surface area contributed by atoms with Gasteiger partial charge in [0, 0.05) is 60.8 Å². The molecule has 0 bridgehead atoms. The van der Waals surface area contributed by atoms with Crippen LogP contribution in [0.25, 0.3) is 0 Å². The minimum Gasteiger partial charge on any atom is -0.351 e. The molecule has 22 nitrogen and oxygen atoms in total. The number of nitrogens with zero attached hydrogens (tertiary/aromatic N) is 7. The maximum atomic E-state index is 15.0. The molecule has 2 saturated carbocycles. The summed E-state index contributed by atoms with van der Waals surface area (Å²) >= 11 is 6.13. The Balaban J connectivity index is 1.38. The number of carbonyl (C=O) groups is 11. The molecule has 0 radical (unpaired) electrons. The second kappa shape index (κ2) is 32.1. The summed E-state index contributed by atoms with van der Waals surface area (Å²) in [5.41, 5.74) is -2.24. The third kappa shape index (κ3) is 17.8. The van der Waals surface area contributed by atoms with Gasteiger partial charge in [-0.25, -0.2) is 0 Å². The van der Waals surface area contributed by atoms with Crippen molar-refractivity contribution in [1.29, 1.82) is 0 Å². The number of carbonyl (C=O) groups excluding carboxylic acids is 11. The molecule has 1 spiro atoms. The van der Waals surface area contributed by atoms with E-state index in [1.54, 1.807) is 27.7 Å². The van der Waals surface area contributed by atoms with Gasteiger partial charge < -0.3 is 55.6 Å². The highest BCUT2D eigenvalue weighted by molar-refractivity contribution is 6.31. The smallest absolute Gasteiger partial charge is 0.351 e. The van der Waals surface area contributed by atoms with E-state index in [1.807, 2.05) is 20.8 Å². The molecule has 0 aromatic heterocycles. The van der Waals surface area contributed by atoms with Crippen molar-refractivity contribution in [2.75, 3.05) is 54.9 Å². The van der Waals surface area contributed by atoms with Crippen molar-refractivity contribution in [2.24, 2.45) is 23.7 Å². The Bertz CT molecular complexity index is 2870. The lowest BCUT2D eigenvalue weighted by Crippen LogP contribution is -2.65. The molecule has 2 aliphatic carbocycles. The molecular weight excluding hydrogens is 1220 g/mol. The summed E-state index contributed by atoms with van der Waals surface area (Å²) in [4.78, 5) is 170. The fraction of sp³-hybridized carbons (Fsp3) is 0.742. The van der Waals surface area contributed by atoms with Gasteiger partial charge in [-0.15, -0.1) is 0 Å². The predicted octanol–water partition coefficient (Wildman–Crippen LogP) is 5.70. The van der Waals surface area contributed by atoms with E-state index in [-0.39, 0.29) is 82.7 Å². The van der Waals surface area contributed by atoms with Crippen molar-refractivity contribution in [3.8, 4) is 0 Å². The number of hydrogen-bond acceptors (Lipinski definition) is 11. The SMILES string of the molecule is CC[C@H](C)[C@@H]1NC(=O)[C@H](CC(C)C)N(C)C(=O)C[C@@H](C)NC(=O)C(C(C)C)N(C)C(=O)C2(CCCC2)NC(=O)[C@@H]2CCCN2C(=O)[C@H](CCc2ccc(C(F)(F)F)c(Cl)c2)NC(=O)CN(C)C(=O)[C@H](CC2CCCCC2)N(C)C(=O)[C@@H]2CCN2C(=O)[C@H](C)N(C)C1=O. The monoisotopic (exact) mass is 1320 g/mol. The Labute approximate surface area is 545 Å². The van der Waals surface area contributed by atoms with Crippen LogP contribution in [0.3, 0.4) is 0 Å². The van der Waals surface area contributed by atoms with Gasteiger partial charge in [-0.1, -0.05) is 111 Å². The van der Waals surface area contributed by atoms with Gasteiger partial charge in [-0.3, -0.25) is 52.7 Å². The first-order chi connectivity index (χ1) is 43.1. The molecule has 92 heavy (non-hydrogen) atoms. The summed E-state index contributed by atoms with van der Waals surface area (Å²) < 4.78 is 41.4. The van der Waals surface area contributed by atoms with Crippen LogP contribution in [0.1, 0.15) is 176 Å². The number of likely N-dealkylation sites (N-methyl/N-ethyl adjacent to an activating group) is 5. The van der Waals surface area contributed by atoms with Crippen molar-refractivity contribution in [2.45, 2.75) is 237 Å². The van der Waals surface area contributed by atoms with Gasteiger partial charge >= 0.3 is 6.18 Å². The van der Waals surface area contributed by atoms with Crippen LogP contribution in [-0.2, 0) is 65.3 Å². The topological polar surface area (TPSA) is 259 Å².